The van der Waals surface area contributed by atoms with Crippen LogP contribution in [-0.2, 0) is 16.0 Å². The van der Waals surface area contributed by atoms with Gasteiger partial charge >= 0.3 is 5.97 Å². The summed E-state index contributed by atoms with van der Waals surface area (Å²) in [6.07, 6.45) is 4.69. The molecule has 1 aromatic rings. The van der Waals surface area contributed by atoms with E-state index < -0.39 is 5.97 Å². The van der Waals surface area contributed by atoms with Crippen molar-refractivity contribution in [1.82, 2.24) is 9.88 Å². The van der Waals surface area contributed by atoms with Crippen molar-refractivity contribution in [3.63, 3.8) is 0 Å². The number of aromatic nitrogens is 1. The second-order valence-electron chi connectivity index (χ2n) is 4.69. The summed E-state index contributed by atoms with van der Waals surface area (Å²) in [5.74, 6) is -1.44. The highest BCUT2D eigenvalue weighted by Crippen LogP contribution is 2.39. The van der Waals surface area contributed by atoms with Crippen molar-refractivity contribution in [2.24, 2.45) is 0 Å². The number of carboxylic acid groups (broad SMARTS) is 1. The van der Waals surface area contributed by atoms with Gasteiger partial charge in [-0.05, 0) is 31.4 Å². The minimum Gasteiger partial charge on any atom is -0.477 e. The lowest BCUT2D eigenvalue weighted by molar-refractivity contribution is -0.132. The van der Waals surface area contributed by atoms with Gasteiger partial charge in [0.25, 0.3) is 0 Å². The second kappa shape index (κ2) is 7.09. The average Bonchev–Trinajstić information content (AvgIpc) is 2.82. The van der Waals surface area contributed by atoms with E-state index >= 15 is 0 Å². The van der Waals surface area contributed by atoms with Crippen LogP contribution in [0.15, 0.2) is 35.1 Å². The largest absolute Gasteiger partial charge is 0.477 e. The summed E-state index contributed by atoms with van der Waals surface area (Å²) >= 11 is 1.16. The number of amides is 1. The first-order chi connectivity index (χ1) is 10.6. The Labute approximate surface area is 132 Å². The zero-order valence-electron chi connectivity index (χ0n) is 12.0. The van der Waals surface area contributed by atoms with Gasteiger partial charge in [0.15, 0.2) is 5.57 Å². The number of nitriles is 1. The lowest BCUT2D eigenvalue weighted by Crippen LogP contribution is -2.29. The molecule has 1 saturated heterocycles. The van der Waals surface area contributed by atoms with Crippen molar-refractivity contribution in [3.8, 4) is 6.07 Å². The number of hydrogen-bond donors (Lipinski definition) is 1. The number of aryl methyl sites for hydroxylation is 1. The summed E-state index contributed by atoms with van der Waals surface area (Å²) in [7, 11) is 0. The molecule has 0 aliphatic carbocycles. The number of carbonyl (C=O) groups excluding carboxylic acids is 1. The minimum absolute atomic E-state index is 0.139. The maximum absolute atomic E-state index is 12.4. The van der Waals surface area contributed by atoms with Crippen molar-refractivity contribution in [2.45, 2.75) is 25.0 Å². The van der Waals surface area contributed by atoms with Crippen LogP contribution in [0, 0.1) is 11.3 Å². The van der Waals surface area contributed by atoms with Gasteiger partial charge in [-0.1, -0.05) is 17.8 Å². The van der Waals surface area contributed by atoms with Gasteiger partial charge in [0, 0.05) is 18.9 Å². The van der Waals surface area contributed by atoms with Crippen molar-refractivity contribution < 1.29 is 14.7 Å². The summed E-state index contributed by atoms with van der Waals surface area (Å²) in [4.78, 5) is 28.9. The molecule has 1 atom stereocenters. The molecular weight excluding hydrogens is 302 g/mol. The molecule has 0 spiro atoms. The molecule has 1 aliphatic heterocycles. The van der Waals surface area contributed by atoms with Gasteiger partial charge in [-0.25, -0.2) is 4.79 Å². The van der Waals surface area contributed by atoms with E-state index in [4.69, 9.17) is 10.4 Å². The third-order valence-corrected chi connectivity index (χ3v) is 4.68. The van der Waals surface area contributed by atoms with E-state index in [1.165, 1.54) is 4.90 Å². The van der Waals surface area contributed by atoms with Gasteiger partial charge in [0.1, 0.15) is 11.1 Å². The summed E-state index contributed by atoms with van der Waals surface area (Å²) in [6.45, 7) is 2.11. The molecule has 0 radical (unpaired) electrons. The third-order valence-electron chi connectivity index (χ3n) is 3.31. The normalized spacial score (nSPS) is 19.9. The van der Waals surface area contributed by atoms with E-state index in [9.17, 15) is 9.59 Å². The lowest BCUT2D eigenvalue weighted by Gasteiger charge is -2.14. The summed E-state index contributed by atoms with van der Waals surface area (Å²) in [6, 6.07) is 5.45. The Balaban J connectivity index is 2.17. The monoisotopic (exact) mass is 317 g/mol. The van der Waals surface area contributed by atoms with Crippen LogP contribution in [0.25, 0.3) is 0 Å². The van der Waals surface area contributed by atoms with Gasteiger partial charge in [-0.2, -0.15) is 5.26 Å². The maximum atomic E-state index is 12.4. The molecule has 0 aromatic carbocycles. The first-order valence-corrected chi connectivity index (χ1v) is 7.71. The Kier molecular flexibility index (Phi) is 5.17. The van der Waals surface area contributed by atoms with Crippen LogP contribution >= 0.6 is 11.8 Å². The molecule has 1 aliphatic rings. The van der Waals surface area contributed by atoms with Crippen molar-refractivity contribution in [2.75, 3.05) is 6.54 Å². The van der Waals surface area contributed by atoms with Gasteiger partial charge < -0.3 is 10.0 Å². The van der Waals surface area contributed by atoms with E-state index in [1.54, 1.807) is 25.4 Å². The van der Waals surface area contributed by atoms with Gasteiger partial charge in [0.2, 0.25) is 5.91 Å². The van der Waals surface area contributed by atoms with Crippen molar-refractivity contribution in [3.05, 3.63) is 40.7 Å². The Bertz CT molecular complexity index is 652. The number of nitrogens with zero attached hydrogens (tertiary/aromatic N) is 3. The highest BCUT2D eigenvalue weighted by Gasteiger charge is 2.38. The maximum Gasteiger partial charge on any atom is 0.349 e. The number of aliphatic carboxylic acids is 1. The number of hydrogen-bond acceptors (Lipinski definition) is 5. The lowest BCUT2D eigenvalue weighted by atomic mass is 10.1. The minimum atomic E-state index is -1.30. The van der Waals surface area contributed by atoms with E-state index in [0.29, 0.717) is 19.4 Å². The van der Waals surface area contributed by atoms with Crippen molar-refractivity contribution in [1.29, 1.82) is 5.26 Å². The smallest absolute Gasteiger partial charge is 0.349 e. The Morgan fingerprint density at radius 2 is 2.36 bits per heavy atom. The fourth-order valence-electron chi connectivity index (χ4n) is 2.23. The highest BCUT2D eigenvalue weighted by molar-refractivity contribution is 8.04. The number of thioether (sulfide) groups is 1. The predicted molar refractivity (Wildman–Crippen MR) is 81.6 cm³/mol. The molecule has 6 nitrogen and oxygen atoms in total. The van der Waals surface area contributed by atoms with Crippen LogP contribution in [-0.4, -0.2) is 38.7 Å². The third kappa shape index (κ3) is 3.28. The molecule has 7 heteroatoms. The molecule has 0 bridgehead atoms. The van der Waals surface area contributed by atoms with Crippen LogP contribution < -0.4 is 0 Å². The molecule has 1 amide bonds. The van der Waals surface area contributed by atoms with E-state index in [0.717, 1.165) is 17.3 Å². The van der Waals surface area contributed by atoms with E-state index in [-0.39, 0.29) is 21.8 Å². The summed E-state index contributed by atoms with van der Waals surface area (Å²) < 4.78 is 0. The standard InChI is InChI=1S/C15H15N3O3S/c1-2-18-13(19)12(6-5-10-4-3-7-17-9-10)22-14(18)11(8-16)15(20)21/h3-4,7,9,12H,2,5-6H2,1H3,(H,20,21). The van der Waals surface area contributed by atoms with Gasteiger partial charge in [0.05, 0.1) is 5.25 Å². The first kappa shape index (κ1) is 16.0. The quantitative estimate of drug-likeness (QED) is 0.657. The SMILES string of the molecule is CCN1C(=O)C(CCc2cccnc2)SC1=C(C#N)C(=O)O. The number of carbonyl (C=O) groups is 2. The van der Waals surface area contributed by atoms with Crippen LogP contribution in [0.4, 0.5) is 0 Å². The van der Waals surface area contributed by atoms with Crippen LogP contribution in [0.3, 0.4) is 0 Å². The molecule has 22 heavy (non-hydrogen) atoms. The number of pyridine rings is 1. The second-order valence-corrected chi connectivity index (χ2v) is 5.88. The molecule has 1 unspecified atom stereocenters. The number of carboxylic acids is 1. The molecule has 2 rings (SSSR count). The summed E-state index contributed by atoms with van der Waals surface area (Å²) in [5, 5.41) is 18.0. The highest BCUT2D eigenvalue weighted by atomic mass is 32.2. The molecule has 0 saturated carbocycles. The Morgan fingerprint density at radius 3 is 2.91 bits per heavy atom. The molecule has 2 heterocycles. The molecule has 1 aromatic heterocycles. The average molecular weight is 317 g/mol. The van der Waals surface area contributed by atoms with Crippen LogP contribution in [0.2, 0.25) is 0 Å². The molecule has 1 fully saturated rings. The van der Waals surface area contributed by atoms with Gasteiger partial charge in [-0.15, -0.1) is 0 Å². The zero-order chi connectivity index (χ0) is 16.1. The van der Waals surface area contributed by atoms with Crippen molar-refractivity contribution >= 4 is 23.6 Å². The van der Waals surface area contributed by atoms with Crippen LogP contribution in [0.5, 0.6) is 0 Å². The fraction of sp³-hybridized carbons (Fsp3) is 0.333. The molecule has 1 N–H and O–H groups in total. The molecule has 114 valence electrons. The first-order valence-electron chi connectivity index (χ1n) is 6.83. The topological polar surface area (TPSA) is 94.3 Å². The van der Waals surface area contributed by atoms with Crippen LogP contribution in [0.1, 0.15) is 18.9 Å². The Hall–Kier alpha value is -2.33. The summed E-state index contributed by atoms with van der Waals surface area (Å²) in [5.41, 5.74) is 0.652. The fourth-order valence-corrected chi connectivity index (χ4v) is 3.56. The molecular formula is C15H15N3O3S. The number of rotatable bonds is 5. The van der Waals surface area contributed by atoms with E-state index in [1.807, 2.05) is 12.1 Å². The zero-order valence-corrected chi connectivity index (χ0v) is 12.8. The van der Waals surface area contributed by atoms with E-state index in [2.05, 4.69) is 4.98 Å². The van der Waals surface area contributed by atoms with Gasteiger partial charge in [-0.3, -0.25) is 9.78 Å². The predicted octanol–water partition coefficient (Wildman–Crippen LogP) is 1.80. The Morgan fingerprint density at radius 1 is 1.59 bits per heavy atom.